The fourth-order valence-corrected chi connectivity index (χ4v) is 2.40. The molecule has 0 aliphatic carbocycles. The second kappa shape index (κ2) is 7.44. The molecule has 3 nitrogen and oxygen atoms in total. The van der Waals surface area contributed by atoms with Crippen molar-refractivity contribution in [2.24, 2.45) is 0 Å². The van der Waals surface area contributed by atoms with Crippen LogP contribution in [0.3, 0.4) is 0 Å². The highest BCUT2D eigenvalue weighted by Gasteiger charge is 2.17. The summed E-state index contributed by atoms with van der Waals surface area (Å²) in [6.45, 7) is 15.5. The summed E-state index contributed by atoms with van der Waals surface area (Å²) in [6.07, 6.45) is 0. The normalized spacial score (nSPS) is 10.9. The molecular formula is C17H27NO2. The number of nitrogens with zero attached hydrogens (tertiary/aromatic N) is 1. The summed E-state index contributed by atoms with van der Waals surface area (Å²) in [6, 6.07) is 2.12. The predicted octanol–water partition coefficient (Wildman–Crippen LogP) is 3.42. The van der Waals surface area contributed by atoms with Gasteiger partial charge in [-0.05, 0) is 63.0 Å². The summed E-state index contributed by atoms with van der Waals surface area (Å²) in [5, 5.41) is 0. The largest absolute Gasteiger partial charge is 0.461 e. The van der Waals surface area contributed by atoms with E-state index in [9.17, 15) is 4.79 Å². The summed E-state index contributed by atoms with van der Waals surface area (Å²) < 4.78 is 5.45. The van der Waals surface area contributed by atoms with Crippen molar-refractivity contribution in [2.45, 2.75) is 41.5 Å². The Kier molecular flexibility index (Phi) is 6.21. The molecule has 0 aliphatic rings. The zero-order valence-corrected chi connectivity index (χ0v) is 13.7. The summed E-state index contributed by atoms with van der Waals surface area (Å²) in [5.41, 5.74) is 5.08. The Morgan fingerprint density at radius 1 is 1.05 bits per heavy atom. The van der Waals surface area contributed by atoms with Gasteiger partial charge in [0.2, 0.25) is 0 Å². The first-order chi connectivity index (χ1) is 9.42. The van der Waals surface area contributed by atoms with Crippen molar-refractivity contribution in [3.05, 3.63) is 33.9 Å². The minimum absolute atomic E-state index is 0.195. The molecule has 112 valence electrons. The van der Waals surface area contributed by atoms with E-state index in [1.54, 1.807) is 0 Å². The van der Waals surface area contributed by atoms with E-state index in [0.717, 1.165) is 47.5 Å². The second-order valence-electron chi connectivity index (χ2n) is 5.30. The first-order valence-electron chi connectivity index (χ1n) is 7.39. The number of hydrogen-bond acceptors (Lipinski definition) is 3. The van der Waals surface area contributed by atoms with Gasteiger partial charge >= 0.3 is 5.97 Å². The smallest absolute Gasteiger partial charge is 0.338 e. The zero-order chi connectivity index (χ0) is 15.3. The molecule has 0 bridgehead atoms. The van der Waals surface area contributed by atoms with E-state index in [4.69, 9.17) is 4.74 Å². The Bertz CT molecular complexity index is 450. The number of benzene rings is 1. The number of ether oxygens (including phenoxy) is 1. The number of hydrogen-bond donors (Lipinski definition) is 0. The maximum absolute atomic E-state index is 12.3. The van der Waals surface area contributed by atoms with Gasteiger partial charge in [0.15, 0.2) is 0 Å². The lowest BCUT2D eigenvalue weighted by Gasteiger charge is -2.19. The number of carbonyl (C=O) groups excluding carboxylic acids is 1. The topological polar surface area (TPSA) is 29.5 Å². The summed E-state index contributed by atoms with van der Waals surface area (Å²) in [4.78, 5) is 14.6. The molecule has 0 radical (unpaired) electrons. The van der Waals surface area contributed by atoms with Crippen molar-refractivity contribution in [3.63, 3.8) is 0 Å². The molecule has 0 atom stereocenters. The van der Waals surface area contributed by atoms with Crippen molar-refractivity contribution in [2.75, 3.05) is 26.2 Å². The fraction of sp³-hybridized carbons (Fsp3) is 0.588. The van der Waals surface area contributed by atoms with Gasteiger partial charge < -0.3 is 9.64 Å². The van der Waals surface area contributed by atoms with Gasteiger partial charge in [0.1, 0.15) is 6.61 Å². The maximum Gasteiger partial charge on any atom is 0.338 e. The Hall–Kier alpha value is -1.35. The van der Waals surface area contributed by atoms with Gasteiger partial charge in [-0.3, -0.25) is 0 Å². The minimum atomic E-state index is -0.195. The quantitative estimate of drug-likeness (QED) is 0.746. The van der Waals surface area contributed by atoms with Crippen LogP contribution in [0, 0.1) is 27.7 Å². The van der Waals surface area contributed by atoms with E-state index in [2.05, 4.69) is 24.8 Å². The molecular weight excluding hydrogens is 250 g/mol. The van der Waals surface area contributed by atoms with Crippen molar-refractivity contribution < 1.29 is 9.53 Å². The molecule has 0 aromatic heterocycles. The van der Waals surface area contributed by atoms with E-state index in [-0.39, 0.29) is 5.97 Å². The Labute approximate surface area is 122 Å². The van der Waals surface area contributed by atoms with Gasteiger partial charge in [0.05, 0.1) is 5.56 Å². The molecule has 0 saturated heterocycles. The zero-order valence-electron chi connectivity index (χ0n) is 13.7. The van der Waals surface area contributed by atoms with Gasteiger partial charge in [-0.15, -0.1) is 0 Å². The van der Waals surface area contributed by atoms with Gasteiger partial charge in [-0.25, -0.2) is 4.79 Å². The molecule has 1 aromatic carbocycles. The highest BCUT2D eigenvalue weighted by molar-refractivity contribution is 5.93. The maximum atomic E-state index is 12.3. The first-order valence-corrected chi connectivity index (χ1v) is 7.39. The molecule has 0 N–H and O–H groups in total. The van der Waals surface area contributed by atoms with Crippen LogP contribution < -0.4 is 0 Å². The van der Waals surface area contributed by atoms with Gasteiger partial charge in [-0.2, -0.15) is 0 Å². The van der Waals surface area contributed by atoms with Crippen LogP contribution >= 0.6 is 0 Å². The van der Waals surface area contributed by atoms with Crippen LogP contribution in [0.1, 0.15) is 46.5 Å². The van der Waals surface area contributed by atoms with Crippen LogP contribution in [-0.2, 0) is 4.74 Å². The Morgan fingerprint density at radius 3 is 2.00 bits per heavy atom. The monoisotopic (exact) mass is 277 g/mol. The van der Waals surface area contributed by atoms with Crippen molar-refractivity contribution in [1.82, 2.24) is 4.90 Å². The molecule has 0 heterocycles. The molecule has 1 rings (SSSR count). The van der Waals surface area contributed by atoms with Crippen LogP contribution in [-0.4, -0.2) is 37.1 Å². The minimum Gasteiger partial charge on any atom is -0.461 e. The molecule has 0 unspecified atom stereocenters. The third kappa shape index (κ3) is 3.83. The summed E-state index contributed by atoms with van der Waals surface area (Å²) in [7, 11) is 0. The molecule has 1 aromatic rings. The van der Waals surface area contributed by atoms with E-state index in [0.29, 0.717) is 6.61 Å². The molecule has 0 spiro atoms. The Balaban J connectivity index is 2.78. The number of carbonyl (C=O) groups is 1. The Morgan fingerprint density at radius 2 is 1.55 bits per heavy atom. The standard InChI is InChI=1S/C17H27NO2/c1-7-18(8-2)9-10-20-17(19)16-14(5)12(3)11-13(4)15(16)6/h11H,7-10H2,1-6H3. The second-order valence-corrected chi connectivity index (χ2v) is 5.30. The van der Waals surface area contributed by atoms with Crippen LogP contribution in [0.2, 0.25) is 0 Å². The summed E-state index contributed by atoms with van der Waals surface area (Å²) >= 11 is 0. The lowest BCUT2D eigenvalue weighted by molar-refractivity contribution is 0.0464. The van der Waals surface area contributed by atoms with Crippen molar-refractivity contribution in [1.29, 1.82) is 0 Å². The average Bonchev–Trinajstić information content (AvgIpc) is 2.42. The number of esters is 1. The molecule has 3 heteroatoms. The van der Waals surface area contributed by atoms with E-state index in [1.807, 2.05) is 27.7 Å². The van der Waals surface area contributed by atoms with Crippen LogP contribution in [0.5, 0.6) is 0 Å². The molecule has 20 heavy (non-hydrogen) atoms. The highest BCUT2D eigenvalue weighted by Crippen LogP contribution is 2.22. The third-order valence-electron chi connectivity index (χ3n) is 4.11. The van der Waals surface area contributed by atoms with Crippen LogP contribution in [0.4, 0.5) is 0 Å². The fourth-order valence-electron chi connectivity index (χ4n) is 2.40. The number of likely N-dealkylation sites (N-methyl/N-ethyl adjacent to an activating group) is 1. The number of aryl methyl sites for hydroxylation is 2. The number of rotatable bonds is 6. The van der Waals surface area contributed by atoms with Crippen molar-refractivity contribution >= 4 is 5.97 Å². The molecule has 0 fully saturated rings. The molecule has 0 amide bonds. The average molecular weight is 277 g/mol. The predicted molar refractivity (Wildman–Crippen MR) is 83.5 cm³/mol. The van der Waals surface area contributed by atoms with Gasteiger partial charge in [-0.1, -0.05) is 19.9 Å². The third-order valence-corrected chi connectivity index (χ3v) is 4.11. The van der Waals surface area contributed by atoms with E-state index < -0.39 is 0 Å². The highest BCUT2D eigenvalue weighted by atomic mass is 16.5. The lowest BCUT2D eigenvalue weighted by Crippen LogP contribution is -2.28. The molecule has 0 aliphatic heterocycles. The van der Waals surface area contributed by atoms with Gasteiger partial charge in [0.25, 0.3) is 0 Å². The van der Waals surface area contributed by atoms with Gasteiger partial charge in [0, 0.05) is 6.54 Å². The van der Waals surface area contributed by atoms with Crippen molar-refractivity contribution in [3.8, 4) is 0 Å². The SMILES string of the molecule is CCN(CC)CCOC(=O)c1c(C)c(C)cc(C)c1C. The first kappa shape index (κ1) is 16.7. The molecule has 0 saturated carbocycles. The van der Waals surface area contributed by atoms with E-state index >= 15 is 0 Å². The van der Waals surface area contributed by atoms with Crippen LogP contribution in [0.25, 0.3) is 0 Å². The summed E-state index contributed by atoms with van der Waals surface area (Å²) in [5.74, 6) is -0.195. The van der Waals surface area contributed by atoms with E-state index in [1.165, 1.54) is 0 Å². The lowest BCUT2D eigenvalue weighted by atomic mass is 9.94. The van der Waals surface area contributed by atoms with Crippen LogP contribution in [0.15, 0.2) is 6.07 Å².